The highest BCUT2D eigenvalue weighted by Gasteiger charge is 2.13. The van der Waals surface area contributed by atoms with Crippen LogP contribution in [0.15, 0.2) is 30.3 Å². The molecule has 0 fully saturated rings. The first-order chi connectivity index (χ1) is 18.2. The summed E-state index contributed by atoms with van der Waals surface area (Å²) in [6.07, 6.45) is 21.2. The highest BCUT2D eigenvalue weighted by Crippen LogP contribution is 2.36. The molecular weight excluding hydrogens is 460 g/mol. The molecule has 210 valence electrons. The number of unbranched alkanes of at least 4 members (excludes halogenated alkanes) is 15. The fraction of sp³-hybridized carbons (Fsp3) is 0.697. The predicted octanol–water partition coefficient (Wildman–Crippen LogP) is 9.17. The van der Waals surface area contributed by atoms with Gasteiger partial charge < -0.3 is 19.3 Å². The summed E-state index contributed by atoms with van der Waals surface area (Å²) in [6.45, 7) is 5.53. The zero-order chi connectivity index (χ0) is 26.6. The lowest BCUT2D eigenvalue weighted by Gasteiger charge is -2.17. The van der Waals surface area contributed by atoms with Gasteiger partial charge in [0, 0.05) is 17.4 Å². The molecule has 2 aromatic carbocycles. The summed E-state index contributed by atoms with van der Waals surface area (Å²) >= 11 is 0. The Morgan fingerprint density at radius 2 is 1.22 bits per heavy atom. The van der Waals surface area contributed by atoms with Crippen LogP contribution in [0.2, 0.25) is 0 Å². The number of hydrogen-bond donors (Lipinski definition) is 1. The van der Waals surface area contributed by atoms with Crippen molar-refractivity contribution in [3.8, 4) is 11.5 Å². The van der Waals surface area contributed by atoms with E-state index >= 15 is 0 Å². The summed E-state index contributed by atoms with van der Waals surface area (Å²) in [6, 6.07) is 10.0. The molecule has 0 bridgehead atoms. The molecule has 0 amide bonds. The van der Waals surface area contributed by atoms with Crippen LogP contribution in [0.25, 0.3) is 10.8 Å². The number of aliphatic hydroxyl groups is 1. The Hall–Kier alpha value is -1.78. The van der Waals surface area contributed by atoms with Crippen LogP contribution >= 0.6 is 0 Å². The Kier molecular flexibility index (Phi) is 17.2. The van der Waals surface area contributed by atoms with Crippen LogP contribution in [-0.2, 0) is 4.74 Å². The Morgan fingerprint density at radius 1 is 0.703 bits per heavy atom. The molecule has 1 N–H and O–H groups in total. The lowest BCUT2D eigenvalue weighted by molar-refractivity contribution is 0.0111. The van der Waals surface area contributed by atoms with E-state index in [1.165, 1.54) is 96.3 Å². The van der Waals surface area contributed by atoms with Gasteiger partial charge in [-0.2, -0.15) is 0 Å². The van der Waals surface area contributed by atoms with Crippen molar-refractivity contribution in [3.63, 3.8) is 0 Å². The first kappa shape index (κ1) is 31.4. The molecule has 1 unspecified atom stereocenters. The van der Waals surface area contributed by atoms with Crippen molar-refractivity contribution in [3.05, 3.63) is 35.9 Å². The monoisotopic (exact) mass is 514 g/mol. The van der Waals surface area contributed by atoms with Gasteiger partial charge in [0.2, 0.25) is 0 Å². The third kappa shape index (κ3) is 13.0. The first-order valence-electron chi connectivity index (χ1n) is 15.1. The van der Waals surface area contributed by atoms with Gasteiger partial charge in [0.15, 0.2) is 0 Å². The zero-order valence-corrected chi connectivity index (χ0v) is 24.1. The Balaban J connectivity index is 1.43. The van der Waals surface area contributed by atoms with E-state index in [-0.39, 0.29) is 6.61 Å². The Morgan fingerprint density at radius 3 is 1.76 bits per heavy atom. The zero-order valence-electron chi connectivity index (χ0n) is 24.1. The average molecular weight is 515 g/mol. The minimum absolute atomic E-state index is 0.218. The number of aryl methyl sites for hydroxylation is 1. The first-order valence-corrected chi connectivity index (χ1v) is 15.1. The molecule has 4 heteroatoms. The summed E-state index contributed by atoms with van der Waals surface area (Å²) in [5.41, 5.74) is 0.997. The minimum Gasteiger partial charge on any atom is -0.496 e. The van der Waals surface area contributed by atoms with Crippen LogP contribution in [0.1, 0.15) is 115 Å². The third-order valence-electron chi connectivity index (χ3n) is 7.24. The van der Waals surface area contributed by atoms with Crippen LogP contribution in [0.3, 0.4) is 0 Å². The summed E-state index contributed by atoms with van der Waals surface area (Å²) in [5, 5.41) is 12.3. The quantitative estimate of drug-likeness (QED) is 0.150. The molecule has 0 aromatic heterocycles. The highest BCUT2D eigenvalue weighted by molar-refractivity contribution is 5.94. The normalized spacial score (nSPS) is 12.2. The van der Waals surface area contributed by atoms with Crippen molar-refractivity contribution >= 4 is 10.8 Å². The molecule has 4 nitrogen and oxygen atoms in total. The SMILES string of the molecule is CCCCCCCCCCCCCCCCCCOCC(O)COc1c(C)cc(OC)c2ccccc12. The molecule has 0 aliphatic carbocycles. The molecule has 0 spiro atoms. The van der Waals surface area contributed by atoms with Crippen molar-refractivity contribution in [1.82, 2.24) is 0 Å². The Bertz CT molecular complexity index is 834. The van der Waals surface area contributed by atoms with Crippen molar-refractivity contribution in [2.75, 3.05) is 26.9 Å². The second kappa shape index (κ2) is 20.2. The number of aliphatic hydroxyl groups excluding tert-OH is 1. The molecule has 2 aromatic rings. The van der Waals surface area contributed by atoms with Crippen LogP contribution < -0.4 is 9.47 Å². The van der Waals surface area contributed by atoms with E-state index in [0.29, 0.717) is 13.2 Å². The fourth-order valence-electron chi connectivity index (χ4n) is 5.01. The number of hydrogen-bond acceptors (Lipinski definition) is 4. The summed E-state index contributed by atoms with van der Waals surface area (Å²) < 4.78 is 17.2. The third-order valence-corrected chi connectivity index (χ3v) is 7.24. The van der Waals surface area contributed by atoms with Crippen molar-refractivity contribution < 1.29 is 19.3 Å². The van der Waals surface area contributed by atoms with Gasteiger partial charge in [-0.3, -0.25) is 0 Å². The molecule has 2 rings (SSSR count). The van der Waals surface area contributed by atoms with Gasteiger partial charge in [0.25, 0.3) is 0 Å². The van der Waals surface area contributed by atoms with Crippen LogP contribution in [0.5, 0.6) is 11.5 Å². The van der Waals surface area contributed by atoms with Gasteiger partial charge in [-0.15, -0.1) is 0 Å². The van der Waals surface area contributed by atoms with Crippen molar-refractivity contribution in [1.29, 1.82) is 0 Å². The van der Waals surface area contributed by atoms with Gasteiger partial charge in [-0.25, -0.2) is 0 Å². The molecular formula is C33H54O4. The smallest absolute Gasteiger partial charge is 0.130 e. The van der Waals surface area contributed by atoms with E-state index in [2.05, 4.69) is 6.92 Å². The predicted molar refractivity (Wildman–Crippen MR) is 157 cm³/mol. The average Bonchev–Trinajstić information content (AvgIpc) is 2.91. The lowest BCUT2D eigenvalue weighted by Crippen LogP contribution is -2.24. The maximum atomic E-state index is 10.3. The lowest BCUT2D eigenvalue weighted by atomic mass is 10.0. The summed E-state index contributed by atoms with van der Waals surface area (Å²) in [5.74, 6) is 1.64. The second-order valence-corrected chi connectivity index (χ2v) is 10.6. The molecule has 0 aliphatic rings. The van der Waals surface area contributed by atoms with E-state index in [1.807, 2.05) is 37.3 Å². The molecule has 37 heavy (non-hydrogen) atoms. The largest absolute Gasteiger partial charge is 0.496 e. The number of methoxy groups -OCH3 is 1. The number of fused-ring (bicyclic) bond motifs is 1. The van der Waals surface area contributed by atoms with E-state index < -0.39 is 6.10 Å². The van der Waals surface area contributed by atoms with Crippen LogP contribution in [0.4, 0.5) is 0 Å². The van der Waals surface area contributed by atoms with E-state index in [4.69, 9.17) is 14.2 Å². The molecule has 1 atom stereocenters. The van der Waals surface area contributed by atoms with E-state index in [9.17, 15) is 5.11 Å². The molecule has 0 radical (unpaired) electrons. The second-order valence-electron chi connectivity index (χ2n) is 10.6. The molecule has 0 saturated heterocycles. The van der Waals surface area contributed by atoms with E-state index in [1.54, 1.807) is 7.11 Å². The van der Waals surface area contributed by atoms with Gasteiger partial charge >= 0.3 is 0 Å². The van der Waals surface area contributed by atoms with Gasteiger partial charge in [-0.1, -0.05) is 128 Å². The standard InChI is InChI=1S/C33H54O4/c1-4-5-6-7-8-9-10-11-12-13-14-15-16-17-18-21-24-36-26-29(34)27-37-33-28(2)25-32(35-3)30-22-19-20-23-31(30)33/h19-20,22-23,25,29,34H,4-18,21,24,26-27H2,1-3H3. The number of benzene rings is 2. The highest BCUT2D eigenvalue weighted by atomic mass is 16.5. The molecule has 0 heterocycles. The number of ether oxygens (including phenoxy) is 3. The summed E-state index contributed by atoms with van der Waals surface area (Å²) in [4.78, 5) is 0. The van der Waals surface area contributed by atoms with Crippen molar-refractivity contribution in [2.24, 2.45) is 0 Å². The molecule has 0 saturated carbocycles. The van der Waals surface area contributed by atoms with Gasteiger partial charge in [0.05, 0.1) is 13.7 Å². The van der Waals surface area contributed by atoms with Crippen molar-refractivity contribution in [2.45, 2.75) is 123 Å². The van der Waals surface area contributed by atoms with Gasteiger partial charge in [-0.05, 0) is 25.0 Å². The molecule has 0 aliphatic heterocycles. The number of rotatable bonds is 23. The topological polar surface area (TPSA) is 47.9 Å². The van der Waals surface area contributed by atoms with Crippen LogP contribution in [0, 0.1) is 6.92 Å². The minimum atomic E-state index is -0.638. The maximum absolute atomic E-state index is 10.3. The van der Waals surface area contributed by atoms with E-state index in [0.717, 1.165) is 34.3 Å². The summed E-state index contributed by atoms with van der Waals surface area (Å²) in [7, 11) is 1.68. The van der Waals surface area contributed by atoms with Crippen LogP contribution in [-0.4, -0.2) is 38.1 Å². The van der Waals surface area contributed by atoms with Gasteiger partial charge in [0.1, 0.15) is 24.2 Å². The fourth-order valence-corrected chi connectivity index (χ4v) is 5.01. The maximum Gasteiger partial charge on any atom is 0.130 e. The Labute approximate surface area is 227 Å².